The van der Waals surface area contributed by atoms with Crippen LogP contribution in [-0.2, 0) is 4.74 Å². The van der Waals surface area contributed by atoms with Gasteiger partial charge in [0.2, 0.25) is 0 Å². The third kappa shape index (κ3) is 1.59. The summed E-state index contributed by atoms with van der Waals surface area (Å²) in [5, 5.41) is 0. The second kappa shape index (κ2) is 3.79. The van der Waals surface area contributed by atoms with E-state index in [1.54, 1.807) is 0 Å². The Balaban J connectivity index is 2.70. The first-order chi connectivity index (χ1) is 7.17. The van der Waals surface area contributed by atoms with Gasteiger partial charge in [0, 0.05) is 0 Å². The molecule has 2 aromatic rings. The summed E-state index contributed by atoms with van der Waals surface area (Å²) in [4.78, 5) is 25.1. The number of H-pyrrole nitrogens is 1. The summed E-state index contributed by atoms with van der Waals surface area (Å²) in [5.41, 5.74) is 1.32. The third-order valence-corrected chi connectivity index (χ3v) is 3.65. The molecule has 4 nitrogen and oxygen atoms in total. The minimum atomic E-state index is -0.531. The number of nitrogens with one attached hydrogen (secondary N) is 1. The number of methoxy groups -OCH3 is 1. The van der Waals surface area contributed by atoms with Crippen molar-refractivity contribution in [3.8, 4) is 0 Å². The van der Waals surface area contributed by atoms with E-state index in [0.29, 0.717) is 11.8 Å². The highest BCUT2D eigenvalue weighted by atomic mass is 79.9. The summed E-state index contributed by atoms with van der Waals surface area (Å²) in [7, 11) is 1.28. The molecule has 0 unspecified atom stereocenters. The van der Waals surface area contributed by atoms with Gasteiger partial charge in [0.25, 0.3) is 0 Å². The number of aromatic nitrogens is 1. The molecular weight excluding hydrogens is 282 g/mol. The molecule has 0 aromatic carbocycles. The van der Waals surface area contributed by atoms with E-state index in [9.17, 15) is 9.59 Å². The number of thiophene rings is 1. The Labute approximate surface area is 97.4 Å². The van der Waals surface area contributed by atoms with E-state index in [1.165, 1.54) is 18.4 Å². The number of aromatic amines is 1. The first-order valence-corrected chi connectivity index (χ1v) is 5.62. The van der Waals surface area contributed by atoms with Gasteiger partial charge in [0.1, 0.15) is 5.69 Å². The van der Waals surface area contributed by atoms with Gasteiger partial charge in [0.05, 0.1) is 26.7 Å². The fourth-order valence-electron chi connectivity index (χ4n) is 1.34. The lowest BCUT2D eigenvalue weighted by atomic mass is 10.2. The van der Waals surface area contributed by atoms with E-state index < -0.39 is 5.97 Å². The number of fused-ring (bicyclic) bond motifs is 1. The summed E-state index contributed by atoms with van der Waals surface area (Å²) < 4.78 is 6.24. The molecule has 0 aliphatic heterocycles. The summed E-state index contributed by atoms with van der Waals surface area (Å²) in [5.74, 6) is -0.531. The van der Waals surface area contributed by atoms with Gasteiger partial charge in [-0.2, -0.15) is 0 Å². The summed E-state index contributed by atoms with van der Waals surface area (Å²) in [6.45, 7) is 0. The minimum Gasteiger partial charge on any atom is -0.464 e. The van der Waals surface area contributed by atoms with E-state index in [0.717, 1.165) is 14.0 Å². The smallest absolute Gasteiger partial charge is 0.355 e. The van der Waals surface area contributed by atoms with Crippen molar-refractivity contribution in [3.63, 3.8) is 0 Å². The molecule has 2 aromatic heterocycles. The second-order valence-electron chi connectivity index (χ2n) is 2.82. The first-order valence-electron chi connectivity index (χ1n) is 4.02. The van der Waals surface area contributed by atoms with Crippen molar-refractivity contribution in [3.05, 3.63) is 21.1 Å². The van der Waals surface area contributed by atoms with Gasteiger partial charge in [-0.3, -0.25) is 4.79 Å². The van der Waals surface area contributed by atoms with Gasteiger partial charge in [-0.25, -0.2) is 4.79 Å². The minimum absolute atomic E-state index is 0.209. The molecule has 0 amide bonds. The predicted octanol–water partition coefficient (Wildman–Crippen LogP) is 2.59. The molecule has 0 spiro atoms. The van der Waals surface area contributed by atoms with Crippen LogP contribution in [0.5, 0.6) is 0 Å². The molecule has 0 radical (unpaired) electrons. The number of hydrogen-bond donors (Lipinski definition) is 1. The fourth-order valence-corrected chi connectivity index (χ4v) is 2.91. The molecule has 15 heavy (non-hydrogen) atoms. The molecular formula is C9H6BrNO3S. The van der Waals surface area contributed by atoms with Gasteiger partial charge in [-0.05, 0) is 22.0 Å². The van der Waals surface area contributed by atoms with E-state index in [4.69, 9.17) is 0 Å². The molecule has 0 atom stereocenters. The molecule has 0 saturated carbocycles. The van der Waals surface area contributed by atoms with Crippen molar-refractivity contribution in [2.24, 2.45) is 0 Å². The average Bonchev–Trinajstić information content (AvgIpc) is 2.71. The van der Waals surface area contributed by atoms with Crippen molar-refractivity contribution >= 4 is 49.7 Å². The number of halogens is 1. The third-order valence-electron chi connectivity index (χ3n) is 1.98. The highest BCUT2D eigenvalue weighted by Crippen LogP contribution is 2.33. The van der Waals surface area contributed by atoms with Crippen LogP contribution in [0.2, 0.25) is 0 Å². The Bertz CT molecular complexity index is 543. The average molecular weight is 288 g/mol. The molecule has 0 aliphatic carbocycles. The van der Waals surface area contributed by atoms with Gasteiger partial charge >= 0.3 is 5.97 Å². The molecule has 2 rings (SSSR count). The lowest BCUT2D eigenvalue weighted by molar-refractivity contribution is 0.0593. The van der Waals surface area contributed by atoms with Crippen LogP contribution in [0.15, 0.2) is 9.85 Å². The lowest BCUT2D eigenvalue weighted by Gasteiger charge is -1.95. The largest absolute Gasteiger partial charge is 0.464 e. The lowest BCUT2D eigenvalue weighted by Crippen LogP contribution is -2.04. The number of rotatable bonds is 2. The van der Waals surface area contributed by atoms with Crippen molar-refractivity contribution in [1.82, 2.24) is 4.98 Å². The monoisotopic (exact) mass is 287 g/mol. The zero-order valence-electron chi connectivity index (χ0n) is 7.67. The van der Waals surface area contributed by atoms with E-state index in [1.807, 2.05) is 6.07 Å². The maximum atomic E-state index is 11.3. The molecule has 1 N–H and O–H groups in total. The van der Waals surface area contributed by atoms with E-state index in [-0.39, 0.29) is 5.69 Å². The molecule has 0 saturated heterocycles. The van der Waals surface area contributed by atoms with Gasteiger partial charge < -0.3 is 9.72 Å². The molecule has 2 heterocycles. The standard InChI is InChI=1S/C9H6BrNO3S/c1-14-9(13)7-4(3-12)8-5(11-7)2-6(10)15-8/h2-3,11H,1H3. The molecule has 78 valence electrons. The van der Waals surface area contributed by atoms with Gasteiger partial charge in [-0.15, -0.1) is 11.3 Å². The van der Waals surface area contributed by atoms with E-state index >= 15 is 0 Å². The number of esters is 1. The number of aldehydes is 1. The Morgan fingerprint density at radius 2 is 2.40 bits per heavy atom. The highest BCUT2D eigenvalue weighted by molar-refractivity contribution is 9.11. The number of carbonyl (C=O) groups excluding carboxylic acids is 2. The summed E-state index contributed by atoms with van der Waals surface area (Å²) in [6, 6.07) is 1.82. The van der Waals surface area contributed by atoms with Gasteiger partial charge in [0.15, 0.2) is 6.29 Å². The number of carbonyl (C=O) groups is 2. The van der Waals surface area contributed by atoms with E-state index in [2.05, 4.69) is 25.7 Å². The Kier molecular flexibility index (Phi) is 2.62. The van der Waals surface area contributed by atoms with Crippen LogP contribution in [0.3, 0.4) is 0 Å². The second-order valence-corrected chi connectivity index (χ2v) is 5.25. The quantitative estimate of drug-likeness (QED) is 0.682. The predicted molar refractivity (Wildman–Crippen MR) is 60.6 cm³/mol. The van der Waals surface area contributed by atoms with Crippen molar-refractivity contribution < 1.29 is 14.3 Å². The van der Waals surface area contributed by atoms with Crippen LogP contribution in [0, 0.1) is 0 Å². The van der Waals surface area contributed by atoms with Crippen LogP contribution in [0.25, 0.3) is 10.2 Å². The normalized spacial score (nSPS) is 10.5. The molecule has 0 aliphatic rings. The molecule has 0 bridgehead atoms. The Hall–Kier alpha value is -1.14. The first kappa shape index (κ1) is 10.4. The fraction of sp³-hybridized carbons (Fsp3) is 0.111. The summed E-state index contributed by atoms with van der Waals surface area (Å²) >= 11 is 4.71. The zero-order valence-corrected chi connectivity index (χ0v) is 10.1. The summed E-state index contributed by atoms with van der Waals surface area (Å²) in [6.07, 6.45) is 0.661. The Morgan fingerprint density at radius 1 is 1.67 bits per heavy atom. The maximum Gasteiger partial charge on any atom is 0.355 e. The van der Waals surface area contributed by atoms with Gasteiger partial charge in [-0.1, -0.05) is 0 Å². The zero-order chi connectivity index (χ0) is 11.0. The van der Waals surface area contributed by atoms with Crippen molar-refractivity contribution in [2.45, 2.75) is 0 Å². The number of ether oxygens (including phenoxy) is 1. The van der Waals surface area contributed by atoms with Crippen LogP contribution in [-0.4, -0.2) is 24.3 Å². The highest BCUT2D eigenvalue weighted by Gasteiger charge is 2.19. The van der Waals surface area contributed by atoms with Crippen LogP contribution >= 0.6 is 27.3 Å². The van der Waals surface area contributed by atoms with Crippen LogP contribution in [0.4, 0.5) is 0 Å². The maximum absolute atomic E-state index is 11.3. The topological polar surface area (TPSA) is 59.2 Å². The van der Waals surface area contributed by atoms with Crippen LogP contribution in [0.1, 0.15) is 20.8 Å². The molecule has 0 fully saturated rings. The van der Waals surface area contributed by atoms with Crippen molar-refractivity contribution in [1.29, 1.82) is 0 Å². The number of hydrogen-bond acceptors (Lipinski definition) is 4. The Morgan fingerprint density at radius 3 is 3.00 bits per heavy atom. The molecule has 6 heteroatoms. The van der Waals surface area contributed by atoms with Crippen molar-refractivity contribution in [2.75, 3.05) is 7.11 Å². The SMILES string of the molecule is COC(=O)c1[nH]c2cc(Br)sc2c1C=O. The van der Waals surface area contributed by atoms with Crippen LogP contribution < -0.4 is 0 Å².